The molecule has 1 rings (SSSR count). The number of rotatable bonds is 17. The minimum atomic E-state index is -1.74. The number of carboxylic acid groups (broad SMARTS) is 2. The van der Waals surface area contributed by atoms with Gasteiger partial charge in [0.2, 0.25) is 0 Å². The fourth-order valence-corrected chi connectivity index (χ4v) is 3.57. The molecule has 190 valence electrons. The highest BCUT2D eigenvalue weighted by molar-refractivity contribution is 5.73. The molecule has 0 aromatic heterocycles. The Balaban J connectivity index is 2.51. The largest absolute Gasteiger partial charge is 0.481 e. The smallest absolute Gasteiger partial charge is 0.335 e. The lowest BCUT2D eigenvalue weighted by molar-refractivity contribution is -0.300. The maximum absolute atomic E-state index is 11.3. The van der Waals surface area contributed by atoms with Crippen molar-refractivity contribution in [3.63, 3.8) is 0 Å². The van der Waals surface area contributed by atoms with E-state index in [2.05, 4.69) is 6.92 Å². The van der Waals surface area contributed by atoms with E-state index < -0.39 is 48.7 Å². The van der Waals surface area contributed by atoms with E-state index in [9.17, 15) is 30.0 Å². The molecule has 0 aromatic rings. The first kappa shape index (κ1) is 29.3. The highest BCUT2D eigenvalue weighted by Gasteiger charge is 2.47. The van der Waals surface area contributed by atoms with Gasteiger partial charge in [0.25, 0.3) is 0 Å². The predicted octanol–water partition coefficient (Wildman–Crippen LogP) is 2.77. The molecule has 1 fully saturated rings. The van der Waals surface area contributed by atoms with Crippen LogP contribution in [0.15, 0.2) is 24.3 Å². The van der Waals surface area contributed by atoms with Gasteiger partial charge in [-0.1, -0.05) is 69.8 Å². The van der Waals surface area contributed by atoms with Crippen LogP contribution in [0.2, 0.25) is 0 Å². The zero-order valence-electron chi connectivity index (χ0n) is 19.4. The summed E-state index contributed by atoms with van der Waals surface area (Å²) in [5, 5.41) is 47.8. The van der Waals surface area contributed by atoms with Crippen molar-refractivity contribution in [3.8, 4) is 0 Å². The average Bonchev–Trinajstić information content (AvgIpc) is 2.77. The molecule has 1 saturated heterocycles. The van der Waals surface area contributed by atoms with Crippen molar-refractivity contribution in [2.45, 2.75) is 114 Å². The van der Waals surface area contributed by atoms with Crippen LogP contribution in [0.5, 0.6) is 0 Å². The van der Waals surface area contributed by atoms with Crippen LogP contribution in [0.1, 0.15) is 77.6 Å². The number of aliphatic hydroxyl groups is 3. The minimum absolute atomic E-state index is 0.228. The monoisotopic (exact) mass is 472 g/mol. The first-order chi connectivity index (χ1) is 15.8. The van der Waals surface area contributed by atoms with Crippen molar-refractivity contribution in [2.75, 3.05) is 0 Å². The lowest BCUT2D eigenvalue weighted by atomic mass is 9.99. The van der Waals surface area contributed by atoms with E-state index >= 15 is 0 Å². The van der Waals surface area contributed by atoms with Crippen LogP contribution in [0, 0.1) is 0 Å². The number of carbonyl (C=O) groups is 2. The Labute approximate surface area is 195 Å². The Hall–Kier alpha value is -1.78. The van der Waals surface area contributed by atoms with Crippen LogP contribution in [0.4, 0.5) is 0 Å². The molecule has 9 heteroatoms. The second-order valence-corrected chi connectivity index (χ2v) is 8.42. The summed E-state index contributed by atoms with van der Waals surface area (Å²) in [6.45, 7) is 2.07. The summed E-state index contributed by atoms with van der Waals surface area (Å²) in [4.78, 5) is 21.7. The molecule has 33 heavy (non-hydrogen) atoms. The summed E-state index contributed by atoms with van der Waals surface area (Å²) in [7, 11) is 0. The van der Waals surface area contributed by atoms with E-state index in [0.717, 1.165) is 57.8 Å². The van der Waals surface area contributed by atoms with Crippen LogP contribution in [0.25, 0.3) is 0 Å². The number of unbranched alkanes of at least 4 members (excludes halogenated alkanes) is 7. The Morgan fingerprint density at radius 1 is 0.909 bits per heavy atom. The predicted molar refractivity (Wildman–Crippen MR) is 122 cm³/mol. The molecule has 1 unspecified atom stereocenters. The third kappa shape index (κ3) is 11.8. The van der Waals surface area contributed by atoms with Gasteiger partial charge in [0, 0.05) is 6.42 Å². The number of allylic oxidation sites excluding steroid dienone is 3. The molecule has 0 spiro atoms. The summed E-state index contributed by atoms with van der Waals surface area (Å²) < 4.78 is 11.0. The maximum Gasteiger partial charge on any atom is 0.335 e. The summed E-state index contributed by atoms with van der Waals surface area (Å²) >= 11 is 0. The first-order valence-corrected chi connectivity index (χ1v) is 11.9. The van der Waals surface area contributed by atoms with Gasteiger partial charge < -0.3 is 35.0 Å². The molecule has 0 aliphatic carbocycles. The van der Waals surface area contributed by atoms with Crippen LogP contribution in [-0.4, -0.2) is 74.3 Å². The highest BCUT2D eigenvalue weighted by Crippen LogP contribution is 2.24. The molecule has 0 radical (unpaired) electrons. The fraction of sp³-hybridized carbons (Fsp3) is 0.750. The van der Waals surface area contributed by atoms with Crippen molar-refractivity contribution in [1.82, 2.24) is 0 Å². The molecule has 5 N–H and O–H groups in total. The van der Waals surface area contributed by atoms with E-state index in [-0.39, 0.29) is 6.42 Å². The average molecular weight is 473 g/mol. The minimum Gasteiger partial charge on any atom is -0.481 e. The molecule has 1 aliphatic rings. The SMILES string of the molecule is CCCCC[C@@H](/C=C/C=C\CCCCCCCC(=O)O)OC1O[C@H](C(=O)O)[C@@H](O)[C@H](O)[C@H]1O. The summed E-state index contributed by atoms with van der Waals surface area (Å²) in [5.41, 5.74) is 0. The Kier molecular flexibility index (Phi) is 14.9. The third-order valence-electron chi connectivity index (χ3n) is 5.55. The van der Waals surface area contributed by atoms with E-state index in [1.165, 1.54) is 0 Å². The second kappa shape index (κ2) is 16.8. The molecule has 1 aliphatic heterocycles. The molecule has 6 atom stereocenters. The molecular formula is C24H40O9. The van der Waals surface area contributed by atoms with E-state index in [4.69, 9.17) is 14.6 Å². The second-order valence-electron chi connectivity index (χ2n) is 8.42. The zero-order chi connectivity index (χ0) is 24.6. The topological polar surface area (TPSA) is 154 Å². The highest BCUT2D eigenvalue weighted by atomic mass is 16.7. The van der Waals surface area contributed by atoms with Crippen molar-refractivity contribution in [1.29, 1.82) is 0 Å². The fourth-order valence-electron chi connectivity index (χ4n) is 3.57. The standard InChI is InChI=1S/C24H40O9/c1-2-3-11-14-17(15-12-9-7-5-4-6-8-10-13-16-18(25)26)32-24-21(29)19(27)20(28)22(33-24)23(30)31/h7,9,12,15,17,19-22,24,27-29H,2-6,8,10-11,13-14,16H2,1H3,(H,25,26)(H,30,31)/b9-7-,15-12+/t17-,19-,20-,21+,22-,24?/m0/s1. The lowest BCUT2D eigenvalue weighted by Gasteiger charge is -2.39. The van der Waals surface area contributed by atoms with Gasteiger partial charge in [0.15, 0.2) is 12.4 Å². The van der Waals surface area contributed by atoms with E-state index in [0.29, 0.717) is 6.42 Å². The first-order valence-electron chi connectivity index (χ1n) is 11.9. The number of hydrogen-bond acceptors (Lipinski definition) is 7. The molecule has 9 nitrogen and oxygen atoms in total. The normalized spacial score (nSPS) is 26.7. The number of carboxylic acids is 2. The molecular weight excluding hydrogens is 432 g/mol. The number of hydrogen-bond donors (Lipinski definition) is 5. The molecule has 0 aromatic carbocycles. The maximum atomic E-state index is 11.3. The summed E-state index contributed by atoms with van der Waals surface area (Å²) in [6.07, 6.45) is 8.44. The molecule has 0 saturated carbocycles. The molecule has 0 bridgehead atoms. The third-order valence-corrected chi connectivity index (χ3v) is 5.55. The quantitative estimate of drug-likeness (QED) is 0.159. The van der Waals surface area contributed by atoms with Gasteiger partial charge in [-0.15, -0.1) is 0 Å². The lowest BCUT2D eigenvalue weighted by Crippen LogP contribution is -2.60. The van der Waals surface area contributed by atoms with Crippen molar-refractivity contribution in [2.24, 2.45) is 0 Å². The van der Waals surface area contributed by atoms with Gasteiger partial charge in [0.1, 0.15) is 18.3 Å². The van der Waals surface area contributed by atoms with Gasteiger partial charge in [-0.2, -0.15) is 0 Å². The van der Waals surface area contributed by atoms with Gasteiger partial charge in [-0.3, -0.25) is 4.79 Å². The molecule has 1 heterocycles. The number of aliphatic hydroxyl groups excluding tert-OH is 3. The van der Waals surface area contributed by atoms with Crippen LogP contribution in [0.3, 0.4) is 0 Å². The van der Waals surface area contributed by atoms with E-state index in [1.54, 1.807) is 6.08 Å². The Bertz CT molecular complexity index is 619. The summed E-state index contributed by atoms with van der Waals surface area (Å²) in [5.74, 6) is -2.19. The van der Waals surface area contributed by atoms with Gasteiger partial charge in [-0.25, -0.2) is 4.79 Å². The number of aliphatic carboxylic acids is 2. The van der Waals surface area contributed by atoms with E-state index in [1.807, 2.05) is 18.2 Å². The van der Waals surface area contributed by atoms with Crippen molar-refractivity contribution >= 4 is 11.9 Å². The van der Waals surface area contributed by atoms with Gasteiger partial charge in [0.05, 0.1) is 6.10 Å². The van der Waals surface area contributed by atoms with Crippen LogP contribution < -0.4 is 0 Å². The van der Waals surface area contributed by atoms with Crippen molar-refractivity contribution in [3.05, 3.63) is 24.3 Å². The summed E-state index contributed by atoms with van der Waals surface area (Å²) in [6, 6.07) is 0. The molecule has 0 amide bonds. The Morgan fingerprint density at radius 2 is 1.61 bits per heavy atom. The van der Waals surface area contributed by atoms with Crippen LogP contribution in [-0.2, 0) is 19.1 Å². The zero-order valence-corrected chi connectivity index (χ0v) is 19.4. The van der Waals surface area contributed by atoms with Gasteiger partial charge >= 0.3 is 11.9 Å². The van der Waals surface area contributed by atoms with Gasteiger partial charge in [-0.05, 0) is 25.7 Å². The van der Waals surface area contributed by atoms with Crippen LogP contribution >= 0.6 is 0 Å². The van der Waals surface area contributed by atoms with Crippen molar-refractivity contribution < 1.29 is 44.6 Å². The number of ether oxygens (including phenoxy) is 2. The Morgan fingerprint density at radius 3 is 2.27 bits per heavy atom.